The third-order valence-electron chi connectivity index (χ3n) is 4.63. The Morgan fingerprint density at radius 3 is 1.82 bits per heavy atom. The van der Waals surface area contributed by atoms with E-state index in [2.05, 4.69) is 61.5 Å². The first-order valence-corrected chi connectivity index (χ1v) is 10.9. The van der Waals surface area contributed by atoms with E-state index >= 15 is 0 Å². The Morgan fingerprint density at radius 2 is 1.45 bits per heavy atom. The summed E-state index contributed by atoms with van der Waals surface area (Å²) in [4.78, 5) is 0. The Hall–Kier alpha value is -0.383. The van der Waals surface area contributed by atoms with Crippen LogP contribution in [0.15, 0.2) is 23.3 Å². The lowest BCUT2D eigenvalue weighted by Crippen LogP contribution is -2.48. The molecule has 0 atom stereocenters. The average Bonchev–Trinajstić information content (AvgIpc) is 2.39. The second-order valence-electron chi connectivity index (χ2n) is 7.45. The Morgan fingerprint density at radius 1 is 0.955 bits per heavy atom. The summed E-state index contributed by atoms with van der Waals surface area (Å²) in [5.41, 5.74) is 4.46. The molecule has 0 saturated heterocycles. The van der Waals surface area contributed by atoms with Crippen molar-refractivity contribution in [2.75, 3.05) is 13.2 Å². The number of aliphatic hydroxyl groups excluding tert-OH is 1. The van der Waals surface area contributed by atoms with Crippen LogP contribution in [0.4, 0.5) is 0 Å². The van der Waals surface area contributed by atoms with Gasteiger partial charge in [-0.25, -0.2) is 0 Å². The summed E-state index contributed by atoms with van der Waals surface area (Å²) >= 11 is 0. The lowest BCUT2D eigenvalue weighted by atomic mass is 10.1. The molecule has 0 bridgehead atoms. The first kappa shape index (κ1) is 21.6. The molecule has 0 aromatic rings. The second kappa shape index (κ2) is 10.4. The summed E-state index contributed by atoms with van der Waals surface area (Å²) in [5, 5.41) is 9.20. The molecule has 0 aliphatic carbocycles. The van der Waals surface area contributed by atoms with Gasteiger partial charge in [-0.1, -0.05) is 64.8 Å². The number of hydrogen-bond donors (Lipinski definition) is 1. The maximum atomic E-state index is 9.20. The molecule has 130 valence electrons. The van der Waals surface area contributed by atoms with Gasteiger partial charge < -0.3 is 9.53 Å². The monoisotopic (exact) mass is 326 g/mol. The third-order valence-corrected chi connectivity index (χ3v) is 10.8. The van der Waals surface area contributed by atoms with E-state index in [1.165, 1.54) is 11.1 Å². The highest BCUT2D eigenvalue weighted by Gasteiger charge is 2.44. The van der Waals surface area contributed by atoms with Crippen molar-refractivity contribution >= 4 is 8.32 Å². The molecule has 0 amide bonds. The zero-order valence-corrected chi connectivity index (χ0v) is 17.1. The highest BCUT2D eigenvalue weighted by molar-refractivity contribution is 6.77. The van der Waals surface area contributed by atoms with Crippen molar-refractivity contribution in [3.63, 3.8) is 0 Å². The largest absolute Gasteiger partial charge is 0.416 e. The molecule has 0 radical (unpaired) electrons. The predicted octanol–water partition coefficient (Wildman–Crippen LogP) is 5.84. The molecule has 0 aromatic carbocycles. The maximum absolute atomic E-state index is 9.20. The Bertz CT molecular complexity index is 342. The fourth-order valence-corrected chi connectivity index (χ4v) is 9.07. The smallest absolute Gasteiger partial charge is 0.200 e. The van der Waals surface area contributed by atoms with Gasteiger partial charge in [-0.2, -0.15) is 0 Å². The Labute approximate surface area is 139 Å². The van der Waals surface area contributed by atoms with E-state index in [4.69, 9.17) is 4.43 Å². The number of rotatable bonds is 10. The zero-order valence-electron chi connectivity index (χ0n) is 16.1. The molecule has 0 saturated carbocycles. The van der Waals surface area contributed by atoms with Crippen molar-refractivity contribution in [2.45, 2.75) is 84.9 Å². The molecule has 0 rings (SSSR count). The summed E-state index contributed by atoms with van der Waals surface area (Å²) in [5.74, 6) is 0. The van der Waals surface area contributed by atoms with Gasteiger partial charge in [0, 0.05) is 6.61 Å². The van der Waals surface area contributed by atoms with Gasteiger partial charge in [-0.15, -0.1) is 0 Å². The van der Waals surface area contributed by atoms with Gasteiger partial charge >= 0.3 is 0 Å². The van der Waals surface area contributed by atoms with Crippen LogP contribution >= 0.6 is 0 Å². The van der Waals surface area contributed by atoms with Crippen LogP contribution in [0.1, 0.15) is 68.2 Å². The van der Waals surface area contributed by atoms with Crippen molar-refractivity contribution in [1.82, 2.24) is 0 Å². The van der Waals surface area contributed by atoms with E-state index < -0.39 is 8.32 Å². The maximum Gasteiger partial charge on any atom is 0.200 e. The molecule has 0 spiro atoms. The Balaban J connectivity index is 4.85. The topological polar surface area (TPSA) is 29.5 Å². The fraction of sp³-hybridized carbons (Fsp3) is 0.789. The summed E-state index contributed by atoms with van der Waals surface area (Å²) in [6, 6.07) is 0. The van der Waals surface area contributed by atoms with Gasteiger partial charge in [0.25, 0.3) is 0 Å². The lowest BCUT2D eigenvalue weighted by Gasteiger charge is -2.42. The normalized spacial score (nSPS) is 13.4. The average molecular weight is 327 g/mol. The van der Waals surface area contributed by atoms with Crippen LogP contribution in [0.2, 0.25) is 16.6 Å². The van der Waals surface area contributed by atoms with Gasteiger partial charge in [0.15, 0.2) is 8.32 Å². The molecule has 0 aromatic heterocycles. The molecule has 0 heterocycles. The summed E-state index contributed by atoms with van der Waals surface area (Å²) in [6.45, 7) is 19.0. The summed E-state index contributed by atoms with van der Waals surface area (Å²) in [6.07, 6.45) is 6.00. The van der Waals surface area contributed by atoms with Crippen LogP contribution in [-0.4, -0.2) is 26.6 Å². The van der Waals surface area contributed by atoms with E-state index in [9.17, 15) is 5.11 Å². The zero-order chi connectivity index (χ0) is 17.3. The molecule has 0 fully saturated rings. The van der Waals surface area contributed by atoms with Crippen molar-refractivity contribution in [1.29, 1.82) is 0 Å². The molecule has 0 aliphatic rings. The van der Waals surface area contributed by atoms with Gasteiger partial charge in [-0.3, -0.25) is 0 Å². The first-order chi connectivity index (χ1) is 10.2. The molecule has 2 nitrogen and oxygen atoms in total. The van der Waals surface area contributed by atoms with Crippen LogP contribution in [-0.2, 0) is 4.43 Å². The highest BCUT2D eigenvalue weighted by Crippen LogP contribution is 2.42. The van der Waals surface area contributed by atoms with Crippen LogP contribution < -0.4 is 0 Å². The third kappa shape index (κ3) is 6.39. The number of allylic oxidation sites excluding steroid dienone is 2. The SMILES string of the molecule is CC(C)=CC/C(=C/CO)CCO[Si](C(C)C)(C(C)C)C(C)C. The van der Waals surface area contributed by atoms with Gasteiger partial charge in [0.1, 0.15) is 0 Å². The minimum atomic E-state index is -1.77. The predicted molar refractivity (Wildman–Crippen MR) is 101 cm³/mol. The van der Waals surface area contributed by atoms with Crippen LogP contribution in [0.5, 0.6) is 0 Å². The van der Waals surface area contributed by atoms with Crippen molar-refractivity contribution < 1.29 is 9.53 Å². The van der Waals surface area contributed by atoms with Crippen LogP contribution in [0, 0.1) is 0 Å². The molecular formula is C19H38O2Si. The molecular weight excluding hydrogens is 288 g/mol. The highest BCUT2D eigenvalue weighted by atomic mass is 28.4. The first-order valence-electron chi connectivity index (χ1n) is 8.74. The van der Waals surface area contributed by atoms with E-state index in [1.807, 2.05) is 6.08 Å². The summed E-state index contributed by atoms with van der Waals surface area (Å²) < 4.78 is 6.59. The standard InChI is InChI=1S/C19H38O2Si/c1-15(2)9-10-19(11-13-20)12-14-21-22(16(3)4,17(5)6)18(7)8/h9,11,16-18,20H,10,12-14H2,1-8H3/b19-11-. The van der Waals surface area contributed by atoms with Gasteiger partial charge in [0.05, 0.1) is 6.61 Å². The van der Waals surface area contributed by atoms with Gasteiger partial charge in [-0.05, 0) is 43.3 Å². The molecule has 0 aliphatic heterocycles. The minimum Gasteiger partial charge on any atom is -0.416 e. The van der Waals surface area contributed by atoms with Crippen molar-refractivity contribution in [3.05, 3.63) is 23.3 Å². The van der Waals surface area contributed by atoms with E-state index in [1.54, 1.807) is 0 Å². The van der Waals surface area contributed by atoms with E-state index in [-0.39, 0.29) is 6.61 Å². The van der Waals surface area contributed by atoms with Crippen molar-refractivity contribution in [2.24, 2.45) is 0 Å². The van der Waals surface area contributed by atoms with Crippen LogP contribution in [0.25, 0.3) is 0 Å². The number of hydrogen-bond acceptors (Lipinski definition) is 2. The van der Waals surface area contributed by atoms with E-state index in [0.717, 1.165) is 19.4 Å². The minimum absolute atomic E-state index is 0.118. The quantitative estimate of drug-likeness (QED) is 0.403. The Kier molecular flexibility index (Phi) is 10.2. The molecule has 22 heavy (non-hydrogen) atoms. The van der Waals surface area contributed by atoms with Crippen molar-refractivity contribution in [3.8, 4) is 0 Å². The lowest BCUT2D eigenvalue weighted by molar-refractivity contribution is 0.279. The van der Waals surface area contributed by atoms with Gasteiger partial charge in [0.2, 0.25) is 0 Å². The molecule has 3 heteroatoms. The molecule has 0 unspecified atom stereocenters. The fourth-order valence-electron chi connectivity index (χ4n) is 3.61. The summed E-state index contributed by atoms with van der Waals surface area (Å²) in [7, 11) is -1.77. The molecule has 1 N–H and O–H groups in total. The van der Waals surface area contributed by atoms with Crippen LogP contribution in [0.3, 0.4) is 0 Å². The second-order valence-corrected chi connectivity index (χ2v) is 12.9. The van der Waals surface area contributed by atoms with E-state index in [0.29, 0.717) is 16.6 Å². The number of aliphatic hydroxyl groups is 1.